The zero-order valence-corrected chi connectivity index (χ0v) is 15.7. The lowest BCUT2D eigenvalue weighted by Crippen LogP contribution is -2.59. The number of nitrogens with one attached hydrogen (secondary N) is 3. The van der Waals surface area contributed by atoms with Crippen LogP contribution in [-0.2, 0) is 11.3 Å². The van der Waals surface area contributed by atoms with Crippen LogP contribution in [0.25, 0.3) is 0 Å². The van der Waals surface area contributed by atoms with Crippen molar-refractivity contribution >= 4 is 40.4 Å². The summed E-state index contributed by atoms with van der Waals surface area (Å²) in [7, 11) is 0. The lowest BCUT2D eigenvalue weighted by molar-refractivity contribution is 0.0768. The third kappa shape index (κ3) is 3.67. The first-order valence-corrected chi connectivity index (χ1v) is 9.38. The van der Waals surface area contributed by atoms with Crippen LogP contribution in [0, 0.1) is 0 Å². The van der Waals surface area contributed by atoms with E-state index in [9.17, 15) is 0 Å². The molecule has 0 aromatic heterocycles. The van der Waals surface area contributed by atoms with Crippen molar-refractivity contribution in [2.75, 3.05) is 18.5 Å². The van der Waals surface area contributed by atoms with Crippen LogP contribution < -0.4 is 16.2 Å². The molecule has 0 amide bonds. The van der Waals surface area contributed by atoms with E-state index < -0.39 is 0 Å². The van der Waals surface area contributed by atoms with Gasteiger partial charge in [-0.3, -0.25) is 0 Å². The van der Waals surface area contributed by atoms with Gasteiger partial charge in [0.2, 0.25) is 0 Å². The molecule has 2 heterocycles. The number of halogens is 2. The molecule has 2 aliphatic heterocycles. The number of aliphatic imine (C=N–C) groups is 1. The minimum Gasteiger partial charge on any atom is -0.381 e. The monoisotopic (exact) mass is 390 g/mol. The Morgan fingerprint density at radius 3 is 2.69 bits per heavy atom. The predicted octanol–water partition coefficient (Wildman–Crippen LogP) is 4.29. The summed E-state index contributed by atoms with van der Waals surface area (Å²) in [5.41, 5.74) is 9.23. The molecule has 26 heavy (non-hydrogen) atoms. The minimum atomic E-state index is -0.280. The van der Waals surface area contributed by atoms with Crippen LogP contribution in [0.2, 0.25) is 10.0 Å². The highest BCUT2D eigenvalue weighted by molar-refractivity contribution is 6.31. The minimum absolute atomic E-state index is 0.280. The Bertz CT molecular complexity index is 834. The van der Waals surface area contributed by atoms with E-state index in [0.717, 1.165) is 40.6 Å². The maximum atomic E-state index is 6.15. The topological polar surface area (TPSA) is 57.7 Å². The van der Waals surface area contributed by atoms with E-state index in [0.29, 0.717) is 24.8 Å². The molecule has 0 saturated carbocycles. The van der Waals surface area contributed by atoms with Crippen molar-refractivity contribution in [1.29, 1.82) is 0 Å². The molecule has 4 rings (SSSR count). The summed E-state index contributed by atoms with van der Waals surface area (Å²) in [4.78, 5) is 4.85. The molecule has 5 nitrogen and oxygen atoms in total. The average molecular weight is 391 g/mol. The largest absolute Gasteiger partial charge is 0.381 e. The second-order valence-electron chi connectivity index (χ2n) is 6.55. The molecule has 2 aromatic rings. The molecule has 1 fully saturated rings. The van der Waals surface area contributed by atoms with Crippen molar-refractivity contribution in [2.45, 2.75) is 24.9 Å². The quantitative estimate of drug-likeness (QED) is 0.684. The van der Waals surface area contributed by atoms with Crippen LogP contribution in [0.1, 0.15) is 18.4 Å². The summed E-state index contributed by atoms with van der Waals surface area (Å²) >= 11 is 12.2. The van der Waals surface area contributed by atoms with Gasteiger partial charge in [0, 0.05) is 42.6 Å². The summed E-state index contributed by atoms with van der Waals surface area (Å²) in [6.45, 7) is 2.02. The molecule has 136 valence electrons. The number of hydrogen-bond acceptors (Lipinski definition) is 5. The zero-order chi connectivity index (χ0) is 18.0. The molecule has 0 bridgehead atoms. The van der Waals surface area contributed by atoms with E-state index >= 15 is 0 Å². The Hall–Kier alpha value is -1.79. The molecule has 1 spiro atoms. The van der Waals surface area contributed by atoms with E-state index in [2.05, 4.69) is 16.2 Å². The number of benzene rings is 2. The standard InChI is InChI=1S/C19H20Cl2N4O/c20-14-3-1-2-13(10-14)12-22-25-18-19(6-8-26-9-7-19)24-17-11-15(21)4-5-16(17)23-18/h1-5,10-11,22,24H,6-9,12H2,(H,23,25). The van der Waals surface area contributed by atoms with Gasteiger partial charge < -0.3 is 15.5 Å². The number of amidine groups is 1. The summed E-state index contributed by atoms with van der Waals surface area (Å²) in [5.74, 6) is 0.873. The second kappa shape index (κ2) is 7.45. The van der Waals surface area contributed by atoms with Crippen LogP contribution >= 0.6 is 23.2 Å². The van der Waals surface area contributed by atoms with Crippen molar-refractivity contribution in [3.8, 4) is 0 Å². The van der Waals surface area contributed by atoms with Crippen molar-refractivity contribution in [3.63, 3.8) is 0 Å². The summed E-state index contributed by atoms with van der Waals surface area (Å²) in [5, 5.41) is 5.07. The predicted molar refractivity (Wildman–Crippen MR) is 106 cm³/mol. The molecule has 0 radical (unpaired) electrons. The second-order valence-corrected chi connectivity index (χ2v) is 7.42. The highest BCUT2D eigenvalue weighted by Gasteiger charge is 2.41. The van der Waals surface area contributed by atoms with Gasteiger partial charge in [0.15, 0.2) is 0 Å². The van der Waals surface area contributed by atoms with Crippen molar-refractivity contribution in [2.24, 2.45) is 4.99 Å². The molecule has 2 aromatic carbocycles. The molecule has 0 unspecified atom stereocenters. The molecular formula is C19H20Cl2N4O. The fourth-order valence-electron chi connectivity index (χ4n) is 3.36. The maximum Gasteiger partial charge on any atom is 0.142 e. The van der Waals surface area contributed by atoms with Crippen LogP contribution in [0.3, 0.4) is 0 Å². The lowest BCUT2D eigenvalue weighted by atomic mass is 9.86. The Labute approximate surface area is 162 Å². The number of rotatable bonds is 3. The average Bonchev–Trinajstić information content (AvgIpc) is 2.63. The molecular weight excluding hydrogens is 371 g/mol. The molecule has 1 saturated heterocycles. The highest BCUT2D eigenvalue weighted by atomic mass is 35.5. The number of fused-ring (bicyclic) bond motifs is 1. The summed E-state index contributed by atoms with van der Waals surface area (Å²) < 4.78 is 5.56. The summed E-state index contributed by atoms with van der Waals surface area (Å²) in [6.07, 6.45) is 1.67. The first-order chi connectivity index (χ1) is 12.6. The molecule has 3 N–H and O–H groups in total. The van der Waals surface area contributed by atoms with Crippen molar-refractivity contribution in [3.05, 3.63) is 58.1 Å². The van der Waals surface area contributed by atoms with Crippen LogP contribution in [0.4, 0.5) is 11.4 Å². The van der Waals surface area contributed by atoms with Gasteiger partial charge >= 0.3 is 0 Å². The van der Waals surface area contributed by atoms with Crippen LogP contribution in [0.15, 0.2) is 47.5 Å². The zero-order valence-electron chi connectivity index (χ0n) is 14.2. The number of ether oxygens (including phenoxy) is 1. The van der Waals surface area contributed by atoms with Crippen LogP contribution in [-0.4, -0.2) is 24.6 Å². The van der Waals surface area contributed by atoms with E-state index in [1.807, 2.05) is 42.5 Å². The first kappa shape index (κ1) is 17.6. The van der Waals surface area contributed by atoms with E-state index in [1.165, 1.54) is 0 Å². The first-order valence-electron chi connectivity index (χ1n) is 8.63. The number of anilines is 1. The van der Waals surface area contributed by atoms with Gasteiger partial charge in [-0.25, -0.2) is 10.4 Å². The summed E-state index contributed by atoms with van der Waals surface area (Å²) in [6, 6.07) is 13.5. The Kier molecular flexibility index (Phi) is 5.05. The lowest BCUT2D eigenvalue weighted by Gasteiger charge is -2.42. The Morgan fingerprint density at radius 1 is 1.08 bits per heavy atom. The Balaban J connectivity index is 1.55. The number of nitrogens with zero attached hydrogens (tertiary/aromatic N) is 1. The van der Waals surface area contributed by atoms with Gasteiger partial charge in [-0.2, -0.15) is 0 Å². The van der Waals surface area contributed by atoms with Crippen LogP contribution in [0.5, 0.6) is 0 Å². The smallest absolute Gasteiger partial charge is 0.142 e. The SMILES string of the molecule is Clc1cccc(CNNC2=Nc3ccc(Cl)cc3NC23CCOCC3)c1. The van der Waals surface area contributed by atoms with Crippen molar-refractivity contribution < 1.29 is 4.74 Å². The number of hydrazine groups is 1. The molecule has 0 atom stereocenters. The molecule has 0 aliphatic carbocycles. The normalized spacial score (nSPS) is 18.0. The third-order valence-corrected chi connectivity index (χ3v) is 5.22. The van der Waals surface area contributed by atoms with Gasteiger partial charge in [0.05, 0.1) is 11.4 Å². The third-order valence-electron chi connectivity index (χ3n) is 4.75. The van der Waals surface area contributed by atoms with Gasteiger partial charge in [0.25, 0.3) is 0 Å². The van der Waals surface area contributed by atoms with E-state index in [4.69, 9.17) is 32.9 Å². The Morgan fingerprint density at radius 2 is 1.88 bits per heavy atom. The highest BCUT2D eigenvalue weighted by Crippen LogP contribution is 2.38. The fraction of sp³-hybridized carbons (Fsp3) is 0.316. The maximum absolute atomic E-state index is 6.15. The van der Waals surface area contributed by atoms with Gasteiger partial charge in [-0.05, 0) is 35.9 Å². The van der Waals surface area contributed by atoms with Gasteiger partial charge in [-0.15, -0.1) is 0 Å². The number of hydrogen-bond donors (Lipinski definition) is 3. The van der Waals surface area contributed by atoms with E-state index in [1.54, 1.807) is 0 Å². The van der Waals surface area contributed by atoms with E-state index in [-0.39, 0.29) is 5.54 Å². The molecule has 2 aliphatic rings. The van der Waals surface area contributed by atoms with Gasteiger partial charge in [0.1, 0.15) is 11.4 Å². The molecule has 7 heteroatoms. The van der Waals surface area contributed by atoms with Gasteiger partial charge in [-0.1, -0.05) is 35.3 Å². The fourth-order valence-corrected chi connectivity index (χ4v) is 3.74. The van der Waals surface area contributed by atoms with Crippen molar-refractivity contribution in [1.82, 2.24) is 10.9 Å².